The molecule has 3 heterocycles. The van der Waals surface area contributed by atoms with Gasteiger partial charge in [0, 0.05) is 37.2 Å². The average Bonchev–Trinajstić information content (AvgIpc) is 3.91. The van der Waals surface area contributed by atoms with Gasteiger partial charge in [0.1, 0.15) is 17.0 Å². The third-order valence-electron chi connectivity index (χ3n) is 12.0. The van der Waals surface area contributed by atoms with Crippen LogP contribution in [-0.4, -0.2) is 39.6 Å². The number of ketones is 1. The number of hydrogen-bond donors (Lipinski definition) is 1. The fraction of sp³-hybridized carbons (Fsp3) is 0.548. The summed E-state index contributed by atoms with van der Waals surface area (Å²) in [6.45, 7) is 2.68. The van der Waals surface area contributed by atoms with Crippen molar-refractivity contribution in [2.45, 2.75) is 133 Å². The number of aliphatic hydroxyl groups is 1. The SMILES string of the molecule is CCc1ccc2c(c1)[C@@H](CC[C@@H](O)[C@@H](CC(=O)c1cc(N3CCCC3=O)c(=O)n(C3CCCC3)c1)Cc1ccccc1)CC1(CCCC1)O2. The van der Waals surface area contributed by atoms with Gasteiger partial charge in [-0.05, 0) is 118 Å². The van der Waals surface area contributed by atoms with Crippen molar-refractivity contribution in [1.29, 1.82) is 0 Å². The van der Waals surface area contributed by atoms with Crippen molar-refractivity contribution in [3.8, 4) is 5.75 Å². The van der Waals surface area contributed by atoms with Crippen molar-refractivity contribution in [3.63, 3.8) is 0 Å². The van der Waals surface area contributed by atoms with E-state index in [4.69, 9.17) is 4.74 Å². The second-order valence-corrected chi connectivity index (χ2v) is 15.3. The molecule has 0 bridgehead atoms. The van der Waals surface area contributed by atoms with Crippen LogP contribution in [-0.2, 0) is 17.6 Å². The van der Waals surface area contributed by atoms with Gasteiger partial charge < -0.3 is 19.3 Å². The average molecular weight is 665 g/mol. The number of ether oxygens (including phenoxy) is 1. The molecule has 1 N–H and O–H groups in total. The van der Waals surface area contributed by atoms with Crippen molar-refractivity contribution < 1.29 is 19.4 Å². The number of aliphatic hydroxyl groups excluding tert-OH is 1. The molecule has 2 aliphatic heterocycles. The summed E-state index contributed by atoms with van der Waals surface area (Å²) in [4.78, 5) is 42.3. The number of aromatic nitrogens is 1. The predicted molar refractivity (Wildman–Crippen MR) is 193 cm³/mol. The molecule has 7 heteroatoms. The van der Waals surface area contributed by atoms with Crippen molar-refractivity contribution >= 4 is 17.4 Å². The van der Waals surface area contributed by atoms with E-state index in [0.29, 0.717) is 49.4 Å². The smallest absolute Gasteiger partial charge is 0.274 e. The lowest BCUT2D eigenvalue weighted by Crippen LogP contribution is -2.38. The first-order valence-corrected chi connectivity index (χ1v) is 19.0. The lowest BCUT2D eigenvalue weighted by atomic mass is 9.77. The lowest BCUT2D eigenvalue weighted by molar-refractivity contribution is -0.117. The van der Waals surface area contributed by atoms with Crippen LogP contribution in [0.25, 0.3) is 0 Å². The van der Waals surface area contributed by atoms with Crippen LogP contribution in [0.3, 0.4) is 0 Å². The quantitative estimate of drug-likeness (QED) is 0.198. The maximum atomic E-state index is 14.2. The van der Waals surface area contributed by atoms with E-state index in [1.807, 2.05) is 18.2 Å². The first-order chi connectivity index (χ1) is 23.8. The highest BCUT2D eigenvalue weighted by Gasteiger charge is 2.43. The molecule has 3 aromatic rings. The van der Waals surface area contributed by atoms with Gasteiger partial charge in [-0.2, -0.15) is 0 Å². The fourth-order valence-electron chi connectivity index (χ4n) is 9.16. The Morgan fingerprint density at radius 1 is 0.980 bits per heavy atom. The number of Topliss-reactive ketones (excluding diaryl/α,β-unsaturated/α-hetero) is 1. The molecule has 0 radical (unpaired) electrons. The predicted octanol–water partition coefficient (Wildman–Crippen LogP) is 8.10. The summed E-state index contributed by atoms with van der Waals surface area (Å²) in [5, 5.41) is 11.9. The van der Waals surface area contributed by atoms with Crippen LogP contribution in [0.5, 0.6) is 5.75 Å². The second kappa shape index (κ2) is 14.6. The molecule has 260 valence electrons. The Balaban J connectivity index is 1.14. The number of carbonyl (C=O) groups is 2. The molecule has 2 saturated carbocycles. The van der Waals surface area contributed by atoms with Gasteiger partial charge in [0.05, 0.1) is 6.10 Å². The minimum Gasteiger partial charge on any atom is -0.487 e. The number of amides is 1. The van der Waals surface area contributed by atoms with Crippen molar-refractivity contribution in [2.24, 2.45) is 5.92 Å². The Morgan fingerprint density at radius 3 is 2.47 bits per heavy atom. The number of pyridine rings is 1. The number of hydrogen-bond acceptors (Lipinski definition) is 5. The Kier molecular flexibility index (Phi) is 10.1. The molecule has 1 aromatic heterocycles. The summed E-state index contributed by atoms with van der Waals surface area (Å²) in [7, 11) is 0. The first kappa shape index (κ1) is 33.8. The van der Waals surface area contributed by atoms with Gasteiger partial charge in [-0.15, -0.1) is 0 Å². The normalized spacial score (nSPS) is 21.6. The highest BCUT2D eigenvalue weighted by molar-refractivity contribution is 5.99. The Morgan fingerprint density at radius 2 is 1.76 bits per heavy atom. The van der Waals surface area contributed by atoms with Crippen LogP contribution in [0.1, 0.15) is 136 Å². The van der Waals surface area contributed by atoms with E-state index < -0.39 is 6.10 Å². The first-order valence-electron chi connectivity index (χ1n) is 19.0. The Hall–Kier alpha value is -3.71. The third kappa shape index (κ3) is 7.28. The molecule has 7 nitrogen and oxygen atoms in total. The van der Waals surface area contributed by atoms with Crippen LogP contribution >= 0.6 is 0 Å². The molecular weight excluding hydrogens is 612 g/mol. The zero-order valence-corrected chi connectivity index (χ0v) is 29.1. The molecule has 1 amide bonds. The van der Waals surface area contributed by atoms with Crippen LogP contribution in [0, 0.1) is 5.92 Å². The highest BCUT2D eigenvalue weighted by atomic mass is 16.5. The van der Waals surface area contributed by atoms with Gasteiger partial charge in [0.15, 0.2) is 5.78 Å². The number of rotatable bonds is 12. The highest BCUT2D eigenvalue weighted by Crippen LogP contribution is 2.50. The molecule has 2 aromatic carbocycles. The lowest BCUT2D eigenvalue weighted by Gasteiger charge is -2.40. The summed E-state index contributed by atoms with van der Waals surface area (Å²) >= 11 is 0. The molecule has 49 heavy (non-hydrogen) atoms. The number of nitrogens with zero attached hydrogens (tertiary/aromatic N) is 2. The van der Waals surface area contributed by atoms with Crippen LogP contribution in [0.2, 0.25) is 0 Å². The molecule has 1 spiro atoms. The molecule has 3 atom stereocenters. The largest absolute Gasteiger partial charge is 0.487 e. The summed E-state index contributed by atoms with van der Waals surface area (Å²) in [5.74, 6) is 0.864. The van der Waals surface area contributed by atoms with Gasteiger partial charge in [-0.3, -0.25) is 14.4 Å². The summed E-state index contributed by atoms with van der Waals surface area (Å²) in [6.07, 6.45) is 14.8. The number of carbonyl (C=O) groups excluding carboxylic acids is 2. The Labute approximate surface area is 290 Å². The maximum Gasteiger partial charge on any atom is 0.274 e. The summed E-state index contributed by atoms with van der Waals surface area (Å²) < 4.78 is 8.43. The second-order valence-electron chi connectivity index (χ2n) is 15.3. The summed E-state index contributed by atoms with van der Waals surface area (Å²) in [5.41, 5.74) is 4.16. The molecule has 4 aliphatic rings. The number of fused-ring (bicyclic) bond motifs is 1. The van der Waals surface area contributed by atoms with Crippen molar-refractivity contribution in [1.82, 2.24) is 4.57 Å². The molecular formula is C42H52N2O5. The zero-order chi connectivity index (χ0) is 34.0. The van der Waals surface area contributed by atoms with Gasteiger partial charge >= 0.3 is 0 Å². The van der Waals surface area contributed by atoms with Crippen molar-refractivity contribution in [3.05, 3.63) is 93.4 Å². The van der Waals surface area contributed by atoms with Crippen LogP contribution < -0.4 is 15.2 Å². The van der Waals surface area contributed by atoms with Gasteiger partial charge in [-0.25, -0.2) is 0 Å². The van der Waals surface area contributed by atoms with Crippen LogP contribution in [0.15, 0.2) is 65.6 Å². The summed E-state index contributed by atoms with van der Waals surface area (Å²) in [6, 6.07) is 18.5. The third-order valence-corrected chi connectivity index (χ3v) is 12.0. The van der Waals surface area contributed by atoms with E-state index >= 15 is 0 Å². The maximum absolute atomic E-state index is 14.2. The van der Waals surface area contributed by atoms with E-state index in [1.165, 1.54) is 24.0 Å². The topological polar surface area (TPSA) is 88.8 Å². The minimum absolute atomic E-state index is 0.0427. The molecule has 1 saturated heterocycles. The standard InChI is InChI=1S/C42H52N2O5/c1-2-29-16-19-39-35(24-29)31(27-42(49-39)20-8-9-21-42)17-18-37(45)32(23-30-11-4-3-5-12-30)26-38(46)33-25-36(43-22-10-15-40(43)47)41(48)44(28-33)34-13-6-7-14-34/h3-5,11-12,16,19,24-25,28,31-32,34,37,45H,2,6-10,13-15,17-18,20-23,26-27H2,1H3/t31-,32+,37+/m0/s1. The number of benzene rings is 2. The van der Waals surface area contributed by atoms with E-state index in [2.05, 4.69) is 37.3 Å². The van der Waals surface area contributed by atoms with Crippen LogP contribution in [0.4, 0.5) is 5.69 Å². The monoisotopic (exact) mass is 664 g/mol. The molecule has 2 aliphatic carbocycles. The van der Waals surface area contributed by atoms with Crippen molar-refractivity contribution in [2.75, 3.05) is 11.4 Å². The fourth-order valence-corrected chi connectivity index (χ4v) is 9.16. The molecule has 3 fully saturated rings. The zero-order valence-electron chi connectivity index (χ0n) is 29.1. The van der Waals surface area contributed by atoms with Gasteiger partial charge in [-0.1, -0.05) is 62.2 Å². The minimum atomic E-state index is -0.676. The van der Waals surface area contributed by atoms with E-state index in [-0.39, 0.29) is 41.2 Å². The van der Waals surface area contributed by atoms with Gasteiger partial charge in [0.25, 0.3) is 5.56 Å². The van der Waals surface area contributed by atoms with E-state index in [0.717, 1.165) is 69.1 Å². The molecule has 7 rings (SSSR count). The molecule has 0 unspecified atom stereocenters. The van der Waals surface area contributed by atoms with E-state index in [1.54, 1.807) is 21.7 Å². The number of aryl methyl sites for hydroxylation is 1. The Bertz CT molecular complexity index is 1700. The number of anilines is 1. The van der Waals surface area contributed by atoms with Gasteiger partial charge in [0.2, 0.25) is 5.91 Å². The van der Waals surface area contributed by atoms with E-state index in [9.17, 15) is 19.5 Å².